The molecule has 0 saturated heterocycles. The third-order valence-corrected chi connectivity index (χ3v) is 3.58. The van der Waals surface area contributed by atoms with Crippen LogP contribution in [0.4, 0.5) is 0 Å². The van der Waals surface area contributed by atoms with Crippen molar-refractivity contribution >= 4 is 11.9 Å². The molecule has 110 valence electrons. The fraction of sp³-hybridized carbons (Fsp3) is 0.867. The van der Waals surface area contributed by atoms with Gasteiger partial charge in [-0.25, -0.2) is 0 Å². The summed E-state index contributed by atoms with van der Waals surface area (Å²) in [5.74, 6) is 0.304. The zero-order chi connectivity index (χ0) is 13.9. The van der Waals surface area contributed by atoms with Crippen LogP contribution in [0.25, 0.3) is 0 Å². The van der Waals surface area contributed by atoms with Gasteiger partial charge in [0.1, 0.15) is 0 Å². The minimum Gasteiger partial charge on any atom is -0.466 e. The highest BCUT2D eigenvalue weighted by atomic mass is 16.5. The first-order valence-corrected chi connectivity index (χ1v) is 7.53. The van der Waals surface area contributed by atoms with Crippen molar-refractivity contribution < 1.29 is 19.1 Å². The molecule has 0 aromatic rings. The molecule has 1 aliphatic carbocycles. The van der Waals surface area contributed by atoms with Gasteiger partial charge in [0.05, 0.1) is 13.2 Å². The fourth-order valence-corrected chi connectivity index (χ4v) is 2.50. The molecule has 0 spiro atoms. The lowest BCUT2D eigenvalue weighted by atomic mass is 9.87. The first-order valence-electron chi connectivity index (χ1n) is 7.53. The van der Waals surface area contributed by atoms with Crippen LogP contribution in [0.1, 0.15) is 64.7 Å². The lowest BCUT2D eigenvalue weighted by Gasteiger charge is -2.21. The van der Waals surface area contributed by atoms with Crippen molar-refractivity contribution in [1.82, 2.24) is 0 Å². The van der Waals surface area contributed by atoms with Gasteiger partial charge in [0.15, 0.2) is 0 Å². The van der Waals surface area contributed by atoms with Crippen molar-refractivity contribution in [1.29, 1.82) is 0 Å². The van der Waals surface area contributed by atoms with Gasteiger partial charge in [0, 0.05) is 12.8 Å². The second kappa shape index (κ2) is 9.82. The summed E-state index contributed by atoms with van der Waals surface area (Å²) in [6.07, 6.45) is 8.65. The van der Waals surface area contributed by atoms with E-state index in [4.69, 9.17) is 9.47 Å². The van der Waals surface area contributed by atoms with Crippen molar-refractivity contribution in [3.63, 3.8) is 0 Å². The summed E-state index contributed by atoms with van der Waals surface area (Å²) in [7, 11) is 0. The summed E-state index contributed by atoms with van der Waals surface area (Å²) in [5.41, 5.74) is 0. The maximum absolute atomic E-state index is 11.4. The predicted molar refractivity (Wildman–Crippen MR) is 72.6 cm³/mol. The standard InChI is InChI=1S/C15H26O4/c1-2-18-14(16)9-6-10-15(17)19-12-11-13-7-4-3-5-8-13/h13H,2-12H2,1H3. The van der Waals surface area contributed by atoms with Gasteiger partial charge in [-0.15, -0.1) is 0 Å². The second-order valence-corrected chi connectivity index (χ2v) is 5.17. The minimum absolute atomic E-state index is 0.194. The van der Waals surface area contributed by atoms with Crippen molar-refractivity contribution in [3.8, 4) is 0 Å². The van der Waals surface area contributed by atoms with Crippen LogP contribution in [0.15, 0.2) is 0 Å². The van der Waals surface area contributed by atoms with Crippen LogP contribution in [0, 0.1) is 5.92 Å². The Morgan fingerprint density at radius 3 is 2.26 bits per heavy atom. The van der Waals surface area contributed by atoms with Crippen molar-refractivity contribution in [3.05, 3.63) is 0 Å². The topological polar surface area (TPSA) is 52.6 Å². The largest absolute Gasteiger partial charge is 0.466 e. The summed E-state index contributed by atoms with van der Waals surface area (Å²) in [4.78, 5) is 22.5. The Hall–Kier alpha value is -1.06. The second-order valence-electron chi connectivity index (χ2n) is 5.17. The molecule has 1 rings (SSSR count). The fourth-order valence-electron chi connectivity index (χ4n) is 2.50. The van der Waals surface area contributed by atoms with E-state index < -0.39 is 0 Å². The van der Waals surface area contributed by atoms with E-state index in [2.05, 4.69) is 0 Å². The summed E-state index contributed by atoms with van der Waals surface area (Å²) in [6, 6.07) is 0. The van der Waals surface area contributed by atoms with Gasteiger partial charge in [-0.3, -0.25) is 9.59 Å². The Morgan fingerprint density at radius 2 is 1.63 bits per heavy atom. The number of rotatable bonds is 8. The molecule has 1 aliphatic rings. The van der Waals surface area contributed by atoms with Gasteiger partial charge < -0.3 is 9.47 Å². The van der Waals surface area contributed by atoms with Gasteiger partial charge in [0.2, 0.25) is 0 Å². The first kappa shape index (κ1) is 16.0. The van der Waals surface area contributed by atoms with Crippen LogP contribution in [0.5, 0.6) is 0 Å². The number of esters is 2. The van der Waals surface area contributed by atoms with Gasteiger partial charge >= 0.3 is 11.9 Å². The number of carbonyl (C=O) groups excluding carboxylic acids is 2. The van der Waals surface area contributed by atoms with Crippen LogP contribution in [-0.4, -0.2) is 25.2 Å². The Morgan fingerprint density at radius 1 is 1.00 bits per heavy atom. The normalized spacial score (nSPS) is 16.1. The molecular formula is C15H26O4. The van der Waals surface area contributed by atoms with E-state index in [0.717, 1.165) is 12.3 Å². The van der Waals surface area contributed by atoms with E-state index in [-0.39, 0.29) is 11.9 Å². The number of hydrogen-bond donors (Lipinski definition) is 0. The molecule has 0 aromatic heterocycles. The third-order valence-electron chi connectivity index (χ3n) is 3.58. The van der Waals surface area contributed by atoms with Crippen molar-refractivity contribution in [2.75, 3.05) is 13.2 Å². The molecule has 0 heterocycles. The number of hydrogen-bond acceptors (Lipinski definition) is 4. The Kier molecular flexibility index (Phi) is 8.26. The van der Waals surface area contributed by atoms with Crippen molar-refractivity contribution in [2.45, 2.75) is 64.7 Å². The molecular weight excluding hydrogens is 244 g/mol. The molecule has 0 atom stereocenters. The molecule has 4 heteroatoms. The van der Waals surface area contributed by atoms with Crippen LogP contribution in [-0.2, 0) is 19.1 Å². The Balaban J connectivity index is 1.96. The SMILES string of the molecule is CCOC(=O)CCCC(=O)OCCC1CCCCC1. The van der Waals surface area contributed by atoms with E-state index in [9.17, 15) is 9.59 Å². The van der Waals surface area contributed by atoms with Crippen LogP contribution in [0.3, 0.4) is 0 Å². The Bertz CT molecular complexity index is 269. The quantitative estimate of drug-likeness (QED) is 0.635. The highest BCUT2D eigenvalue weighted by Crippen LogP contribution is 2.26. The maximum atomic E-state index is 11.4. The highest BCUT2D eigenvalue weighted by Gasteiger charge is 2.14. The van der Waals surface area contributed by atoms with E-state index in [1.54, 1.807) is 6.92 Å². The molecule has 1 fully saturated rings. The Labute approximate surface area is 115 Å². The van der Waals surface area contributed by atoms with Crippen LogP contribution in [0.2, 0.25) is 0 Å². The molecule has 19 heavy (non-hydrogen) atoms. The summed E-state index contributed by atoms with van der Waals surface area (Å²) in [6.45, 7) is 2.70. The molecule has 0 amide bonds. The van der Waals surface area contributed by atoms with E-state index >= 15 is 0 Å². The van der Waals surface area contributed by atoms with Gasteiger partial charge in [-0.05, 0) is 25.7 Å². The smallest absolute Gasteiger partial charge is 0.305 e. The predicted octanol–water partition coefficient (Wildman–Crippen LogP) is 3.23. The van der Waals surface area contributed by atoms with Crippen LogP contribution >= 0.6 is 0 Å². The average molecular weight is 270 g/mol. The first-order chi connectivity index (χ1) is 9.22. The van der Waals surface area contributed by atoms with E-state index in [1.165, 1.54) is 32.1 Å². The van der Waals surface area contributed by atoms with Gasteiger partial charge in [-0.1, -0.05) is 32.1 Å². The molecule has 0 radical (unpaired) electrons. The number of ether oxygens (including phenoxy) is 2. The zero-order valence-corrected chi connectivity index (χ0v) is 12.0. The lowest BCUT2D eigenvalue weighted by molar-refractivity contribution is -0.145. The minimum atomic E-state index is -0.238. The zero-order valence-electron chi connectivity index (χ0n) is 12.0. The lowest BCUT2D eigenvalue weighted by Crippen LogP contribution is -2.13. The summed E-state index contributed by atoms with van der Waals surface area (Å²) >= 11 is 0. The summed E-state index contributed by atoms with van der Waals surface area (Å²) in [5, 5.41) is 0. The van der Waals surface area contributed by atoms with Crippen LogP contribution < -0.4 is 0 Å². The molecule has 0 unspecified atom stereocenters. The average Bonchev–Trinajstić information content (AvgIpc) is 2.40. The molecule has 0 bridgehead atoms. The number of carbonyl (C=O) groups is 2. The summed E-state index contributed by atoms with van der Waals surface area (Å²) < 4.78 is 9.99. The highest BCUT2D eigenvalue weighted by molar-refractivity contribution is 5.72. The molecule has 0 aliphatic heterocycles. The maximum Gasteiger partial charge on any atom is 0.305 e. The van der Waals surface area contributed by atoms with Gasteiger partial charge in [-0.2, -0.15) is 0 Å². The molecule has 1 saturated carbocycles. The van der Waals surface area contributed by atoms with Crippen molar-refractivity contribution in [2.24, 2.45) is 5.92 Å². The third kappa shape index (κ3) is 7.85. The van der Waals surface area contributed by atoms with Gasteiger partial charge in [0.25, 0.3) is 0 Å². The monoisotopic (exact) mass is 270 g/mol. The molecule has 0 aromatic carbocycles. The van der Waals surface area contributed by atoms with E-state index in [1.807, 2.05) is 0 Å². The molecule has 4 nitrogen and oxygen atoms in total. The molecule has 0 N–H and O–H groups in total. The van der Waals surface area contributed by atoms with E-state index in [0.29, 0.717) is 32.5 Å².